The van der Waals surface area contributed by atoms with E-state index in [0.717, 1.165) is 56.1 Å². The fourth-order valence-corrected chi connectivity index (χ4v) is 14.1. The highest BCUT2D eigenvalue weighted by Gasteiger charge is 2.71. The van der Waals surface area contributed by atoms with Gasteiger partial charge in [0.2, 0.25) is 5.91 Å². The molecule has 5 saturated carbocycles. The first-order valence-electron chi connectivity index (χ1n) is 21.3. The number of ether oxygens (including phenoxy) is 1. The van der Waals surface area contributed by atoms with E-state index in [1.165, 1.54) is 12.5 Å². The molecule has 7 rings (SSSR count). The Labute approximate surface area is 333 Å². The molecule has 10 heteroatoms. The zero-order valence-electron chi connectivity index (χ0n) is 35.6. The Balaban J connectivity index is 1.14. The first kappa shape index (κ1) is 40.8. The molecule has 2 amide bonds. The molecule has 0 unspecified atom stereocenters. The van der Waals surface area contributed by atoms with Gasteiger partial charge in [0.05, 0.1) is 29.2 Å². The zero-order valence-corrected chi connectivity index (χ0v) is 35.6. The van der Waals surface area contributed by atoms with Gasteiger partial charge in [0.25, 0.3) is 5.91 Å². The number of hydrogen-bond acceptors (Lipinski definition) is 7. The van der Waals surface area contributed by atoms with E-state index in [4.69, 9.17) is 9.15 Å². The number of hydrogen-bond donors (Lipinski definition) is 3. The highest BCUT2D eigenvalue weighted by molar-refractivity contribution is 6.03. The number of esters is 1. The van der Waals surface area contributed by atoms with Crippen molar-refractivity contribution < 1.29 is 38.2 Å². The number of carbonyl (C=O) groups is 5. The van der Waals surface area contributed by atoms with Crippen LogP contribution in [0.4, 0.5) is 0 Å². The summed E-state index contributed by atoms with van der Waals surface area (Å²) in [5.41, 5.74) is -0.621. The van der Waals surface area contributed by atoms with Gasteiger partial charge >= 0.3 is 11.9 Å². The van der Waals surface area contributed by atoms with Crippen LogP contribution in [-0.4, -0.2) is 51.8 Å². The Kier molecular flexibility index (Phi) is 9.49. The number of aliphatic carboxylic acids is 1. The van der Waals surface area contributed by atoms with Gasteiger partial charge in [0.1, 0.15) is 17.9 Å². The quantitative estimate of drug-likeness (QED) is 0.223. The second kappa shape index (κ2) is 13.0. The lowest BCUT2D eigenvalue weighted by Gasteiger charge is -2.72. The van der Waals surface area contributed by atoms with E-state index in [2.05, 4.69) is 59.1 Å². The molecule has 1 aromatic heterocycles. The summed E-state index contributed by atoms with van der Waals surface area (Å²) in [6, 6.07) is 1.57. The van der Waals surface area contributed by atoms with E-state index < -0.39 is 40.2 Å². The highest BCUT2D eigenvalue weighted by atomic mass is 16.5. The van der Waals surface area contributed by atoms with Crippen molar-refractivity contribution in [2.45, 2.75) is 158 Å². The van der Waals surface area contributed by atoms with E-state index in [1.54, 1.807) is 19.9 Å². The first-order valence-corrected chi connectivity index (χ1v) is 21.3. The van der Waals surface area contributed by atoms with Crippen LogP contribution in [0.15, 0.2) is 34.2 Å². The van der Waals surface area contributed by atoms with Gasteiger partial charge in [0.15, 0.2) is 5.78 Å². The fraction of sp³-hybridized carbons (Fsp3) is 0.761. The summed E-state index contributed by atoms with van der Waals surface area (Å²) in [6.45, 7) is 23.4. The van der Waals surface area contributed by atoms with Crippen LogP contribution in [0.25, 0.3) is 0 Å². The maximum absolute atomic E-state index is 14.2. The Morgan fingerprint density at radius 2 is 1.57 bits per heavy atom. The molecule has 3 N–H and O–H groups in total. The lowest BCUT2D eigenvalue weighted by atomic mass is 9.33. The van der Waals surface area contributed by atoms with E-state index in [9.17, 15) is 29.1 Å². The molecule has 0 radical (unpaired) electrons. The maximum atomic E-state index is 14.2. The Morgan fingerprint density at radius 3 is 2.18 bits per heavy atom. The number of carbonyl (C=O) groups excluding carboxylic acids is 4. The van der Waals surface area contributed by atoms with Crippen LogP contribution < -0.4 is 10.6 Å². The average Bonchev–Trinajstić information content (AvgIpc) is 3.72. The molecule has 0 aliphatic heterocycles. The number of fused-ring (bicyclic) bond motifs is 7. The van der Waals surface area contributed by atoms with Crippen LogP contribution in [0.3, 0.4) is 0 Å². The van der Waals surface area contributed by atoms with Crippen molar-refractivity contribution in [2.24, 2.45) is 62.6 Å². The summed E-state index contributed by atoms with van der Waals surface area (Å²) in [6.07, 6.45) is 10.5. The van der Waals surface area contributed by atoms with Crippen LogP contribution in [0.2, 0.25) is 0 Å². The molecule has 0 bridgehead atoms. The molecule has 0 aromatic carbocycles. The molecular weight excluding hydrogens is 709 g/mol. The molecule has 0 saturated heterocycles. The predicted octanol–water partition coefficient (Wildman–Crippen LogP) is 8.30. The van der Waals surface area contributed by atoms with Gasteiger partial charge in [-0.15, -0.1) is 0 Å². The molecule has 56 heavy (non-hydrogen) atoms. The van der Waals surface area contributed by atoms with Crippen LogP contribution >= 0.6 is 0 Å². The molecule has 1 heterocycles. The molecule has 0 spiro atoms. The number of amides is 2. The van der Waals surface area contributed by atoms with Crippen molar-refractivity contribution in [1.29, 1.82) is 0 Å². The zero-order chi connectivity index (χ0) is 41.2. The van der Waals surface area contributed by atoms with Crippen molar-refractivity contribution in [1.82, 2.24) is 10.6 Å². The largest absolute Gasteiger partial charge is 0.481 e. The number of rotatable bonds is 8. The normalized spacial score (nSPS) is 39.7. The molecule has 308 valence electrons. The second-order valence-electron chi connectivity index (χ2n) is 21.6. The Bertz CT molecular complexity index is 1860. The lowest BCUT2D eigenvalue weighted by molar-refractivity contribution is -0.235. The van der Waals surface area contributed by atoms with Crippen LogP contribution in [-0.2, 0) is 23.9 Å². The topological polar surface area (TPSA) is 152 Å². The van der Waals surface area contributed by atoms with Gasteiger partial charge in [-0.3, -0.25) is 24.0 Å². The SMILES string of the molecule is CC(C)C1=C2[C@H]3CC[C@@H]4[C@@]5(C)CC[C@H](OC(=O)[C@H]6C[C@@H](C(=O)O)C6(C)C)C(C)(C)[C@@H]5CC[C@@]4(C)[C@]3(C)CC[C@@]2(NC(=O)C(C)(C)NC(=O)c2ccoc2)CC1=O. The Hall–Kier alpha value is -3.43. The predicted molar refractivity (Wildman–Crippen MR) is 211 cm³/mol. The molecule has 5 fully saturated rings. The average molecular weight is 775 g/mol. The number of furan rings is 1. The number of carboxylic acid groups (broad SMARTS) is 1. The van der Waals surface area contributed by atoms with Crippen LogP contribution in [0.5, 0.6) is 0 Å². The standard InChI is InChI=1S/C46H66N2O8/c1-25(2)34-30(49)23-46(48-39(54)42(7,8)47-36(50)26-16-21-55-24-26)20-19-44(10)27(35(34)46)12-13-32-43(9)17-15-33(41(5,6)31(43)14-18-45(32,44)11)56-38(53)29-22-28(37(51)52)40(29,3)4/h16,21,24-25,27-29,31-33H,12-15,17-20,22-23H2,1-11H3,(H,47,50)(H,48,54)(H,51,52)/t27-,28+,29-,31+,32-,33+,43+,44-,45-,46-/m1/s1. The van der Waals surface area contributed by atoms with Crippen molar-refractivity contribution in [2.75, 3.05) is 0 Å². The van der Waals surface area contributed by atoms with Gasteiger partial charge in [-0.25, -0.2) is 0 Å². The lowest BCUT2D eigenvalue weighted by Crippen LogP contribution is -2.68. The number of nitrogens with one attached hydrogen (secondary N) is 2. The van der Waals surface area contributed by atoms with Crippen LogP contribution in [0, 0.1) is 62.6 Å². The summed E-state index contributed by atoms with van der Waals surface area (Å²) in [5.74, 6) is -1.65. The van der Waals surface area contributed by atoms with Gasteiger partial charge in [-0.2, -0.15) is 0 Å². The second-order valence-corrected chi connectivity index (χ2v) is 21.6. The monoisotopic (exact) mass is 774 g/mol. The summed E-state index contributed by atoms with van der Waals surface area (Å²) in [5, 5.41) is 16.0. The molecule has 10 atom stereocenters. The smallest absolute Gasteiger partial charge is 0.309 e. The third kappa shape index (κ3) is 5.71. The van der Waals surface area contributed by atoms with Gasteiger partial charge in [-0.05, 0) is 134 Å². The summed E-state index contributed by atoms with van der Waals surface area (Å²) >= 11 is 0. The van der Waals surface area contributed by atoms with Crippen molar-refractivity contribution in [3.05, 3.63) is 35.3 Å². The van der Waals surface area contributed by atoms with E-state index in [1.807, 2.05) is 13.8 Å². The minimum Gasteiger partial charge on any atom is -0.481 e. The van der Waals surface area contributed by atoms with Gasteiger partial charge in [-0.1, -0.05) is 62.3 Å². The van der Waals surface area contributed by atoms with Crippen molar-refractivity contribution in [3.63, 3.8) is 0 Å². The fourth-order valence-electron chi connectivity index (χ4n) is 14.1. The first-order chi connectivity index (χ1) is 25.9. The number of ketones is 1. The summed E-state index contributed by atoms with van der Waals surface area (Å²) in [4.78, 5) is 66.8. The molecular formula is C46H66N2O8. The highest BCUT2D eigenvalue weighted by Crippen LogP contribution is 2.76. The number of carboxylic acids is 1. The third-order valence-electron chi connectivity index (χ3n) is 17.6. The molecule has 6 aliphatic rings. The summed E-state index contributed by atoms with van der Waals surface area (Å²) < 4.78 is 11.5. The molecule has 6 aliphatic carbocycles. The minimum absolute atomic E-state index is 0.0166. The van der Waals surface area contributed by atoms with Crippen molar-refractivity contribution in [3.8, 4) is 0 Å². The van der Waals surface area contributed by atoms with E-state index in [0.29, 0.717) is 30.2 Å². The van der Waals surface area contributed by atoms with Crippen molar-refractivity contribution >= 4 is 29.5 Å². The van der Waals surface area contributed by atoms with Gasteiger partial charge in [0, 0.05) is 11.8 Å². The maximum Gasteiger partial charge on any atom is 0.309 e. The minimum atomic E-state index is -1.23. The van der Waals surface area contributed by atoms with Crippen LogP contribution in [0.1, 0.15) is 151 Å². The van der Waals surface area contributed by atoms with Gasteiger partial charge < -0.3 is 24.9 Å². The van der Waals surface area contributed by atoms with E-state index in [-0.39, 0.29) is 63.7 Å². The van der Waals surface area contributed by atoms with E-state index >= 15 is 0 Å². The Morgan fingerprint density at radius 1 is 0.875 bits per heavy atom. The molecule has 1 aromatic rings. The third-order valence-corrected chi connectivity index (χ3v) is 17.6. The number of allylic oxidation sites excluding steroid dienone is 1. The molecule has 10 nitrogen and oxygen atoms in total. The number of Topliss-reactive ketones (excluding diaryl/α,β-unsaturated/α-hetero) is 1. The summed E-state index contributed by atoms with van der Waals surface area (Å²) in [7, 11) is 0.